The molecule has 2 atom stereocenters. The molecule has 198 valence electrons. The van der Waals surface area contributed by atoms with Crippen LogP contribution >= 0.6 is 0 Å². The molecule has 0 N–H and O–H groups in total. The Morgan fingerprint density at radius 1 is 0.842 bits per heavy atom. The van der Waals surface area contributed by atoms with E-state index in [4.69, 9.17) is 14.2 Å². The number of nitrogens with zero attached hydrogens (tertiary/aromatic N) is 1. The van der Waals surface area contributed by atoms with Gasteiger partial charge in [0.15, 0.2) is 0 Å². The molecule has 0 saturated carbocycles. The lowest BCUT2D eigenvalue weighted by atomic mass is 9.85. The number of hydrogen-bond donors (Lipinski definition) is 0. The van der Waals surface area contributed by atoms with Crippen LogP contribution < -0.4 is 4.74 Å². The Bertz CT molecular complexity index is 1190. The van der Waals surface area contributed by atoms with E-state index in [-0.39, 0.29) is 37.0 Å². The summed E-state index contributed by atoms with van der Waals surface area (Å²) in [4.78, 5) is 27.6. The minimum Gasteiger partial charge on any atom is -0.493 e. The van der Waals surface area contributed by atoms with Crippen LogP contribution in [0.15, 0.2) is 84.9 Å². The van der Waals surface area contributed by atoms with Crippen molar-refractivity contribution in [3.63, 3.8) is 0 Å². The summed E-state index contributed by atoms with van der Waals surface area (Å²) in [5.41, 5.74) is 2.62. The molecule has 0 spiro atoms. The van der Waals surface area contributed by atoms with E-state index in [9.17, 15) is 9.59 Å². The van der Waals surface area contributed by atoms with E-state index in [1.807, 2.05) is 60.7 Å². The van der Waals surface area contributed by atoms with Crippen LogP contribution in [0.1, 0.15) is 53.1 Å². The first-order valence-electron chi connectivity index (χ1n) is 13.6. The van der Waals surface area contributed by atoms with Crippen molar-refractivity contribution in [2.45, 2.75) is 37.7 Å². The number of ether oxygens (including phenoxy) is 3. The van der Waals surface area contributed by atoms with E-state index < -0.39 is 0 Å². The van der Waals surface area contributed by atoms with Crippen molar-refractivity contribution < 1.29 is 23.8 Å². The molecule has 2 bridgehead atoms. The normalized spacial score (nSPS) is 20.9. The molecule has 3 aromatic carbocycles. The van der Waals surface area contributed by atoms with Crippen molar-refractivity contribution in [2.75, 3.05) is 32.8 Å². The van der Waals surface area contributed by atoms with E-state index in [1.165, 1.54) is 0 Å². The monoisotopic (exact) mass is 513 g/mol. The van der Waals surface area contributed by atoms with E-state index in [0.717, 1.165) is 49.4 Å². The van der Waals surface area contributed by atoms with Gasteiger partial charge in [0.25, 0.3) is 0 Å². The molecule has 6 heteroatoms. The molecule has 0 aliphatic carbocycles. The number of piperidine rings is 3. The van der Waals surface area contributed by atoms with Crippen LogP contribution in [-0.4, -0.2) is 55.8 Å². The van der Waals surface area contributed by atoms with Crippen LogP contribution in [0.5, 0.6) is 5.75 Å². The van der Waals surface area contributed by atoms with Gasteiger partial charge in [-0.05, 0) is 67.2 Å². The summed E-state index contributed by atoms with van der Waals surface area (Å²) in [5.74, 6) is 0.610. The van der Waals surface area contributed by atoms with Gasteiger partial charge in [-0.2, -0.15) is 0 Å². The molecule has 0 amide bonds. The molecule has 6 nitrogen and oxygen atoms in total. The summed E-state index contributed by atoms with van der Waals surface area (Å²) in [6.07, 6.45) is 3.10. The van der Waals surface area contributed by atoms with Gasteiger partial charge in [0.05, 0.1) is 25.2 Å². The van der Waals surface area contributed by atoms with Gasteiger partial charge in [0.2, 0.25) is 0 Å². The SMILES string of the molecule is O=C(CC(c1ccccc1)c1cccc(OCCCOC(=O)c2ccccc2)c1)O[C@H]1CN2CCC1CC2. The molecule has 3 aliphatic rings. The molecule has 3 fully saturated rings. The lowest BCUT2D eigenvalue weighted by molar-refractivity contribution is -0.159. The first-order chi connectivity index (χ1) is 18.7. The summed E-state index contributed by atoms with van der Waals surface area (Å²) < 4.78 is 17.3. The largest absolute Gasteiger partial charge is 0.493 e. The lowest BCUT2D eigenvalue weighted by Gasteiger charge is -2.44. The molecular weight excluding hydrogens is 478 g/mol. The highest BCUT2D eigenvalue weighted by atomic mass is 16.5. The molecule has 0 aromatic heterocycles. The molecule has 3 saturated heterocycles. The maximum atomic E-state index is 13.1. The topological polar surface area (TPSA) is 65.1 Å². The number of rotatable bonds is 11. The summed E-state index contributed by atoms with van der Waals surface area (Å²) in [6, 6.07) is 26.9. The first-order valence-corrected chi connectivity index (χ1v) is 13.6. The third-order valence-electron chi connectivity index (χ3n) is 7.51. The third-order valence-corrected chi connectivity index (χ3v) is 7.51. The van der Waals surface area contributed by atoms with Crippen molar-refractivity contribution in [3.8, 4) is 5.75 Å². The molecule has 3 aliphatic heterocycles. The Morgan fingerprint density at radius 2 is 1.55 bits per heavy atom. The minimum atomic E-state index is -0.330. The van der Waals surface area contributed by atoms with Crippen LogP contribution in [0.4, 0.5) is 0 Å². The number of fused-ring (bicyclic) bond motifs is 3. The summed E-state index contributed by atoms with van der Waals surface area (Å²) >= 11 is 0. The molecule has 0 radical (unpaired) electrons. The van der Waals surface area contributed by atoms with E-state index in [2.05, 4.69) is 17.0 Å². The van der Waals surface area contributed by atoms with Gasteiger partial charge in [-0.15, -0.1) is 0 Å². The number of carbonyl (C=O) groups excluding carboxylic acids is 2. The summed E-state index contributed by atoms with van der Waals surface area (Å²) in [7, 11) is 0. The molecular formula is C32H35NO5. The highest BCUT2D eigenvalue weighted by Gasteiger charge is 2.36. The van der Waals surface area contributed by atoms with Crippen LogP contribution in [-0.2, 0) is 14.3 Å². The predicted molar refractivity (Wildman–Crippen MR) is 145 cm³/mol. The molecule has 38 heavy (non-hydrogen) atoms. The van der Waals surface area contributed by atoms with Gasteiger partial charge in [-0.25, -0.2) is 4.79 Å². The average molecular weight is 514 g/mol. The lowest BCUT2D eigenvalue weighted by Crippen LogP contribution is -2.52. The van der Waals surface area contributed by atoms with Crippen molar-refractivity contribution in [1.82, 2.24) is 4.90 Å². The third kappa shape index (κ3) is 6.81. The fourth-order valence-corrected chi connectivity index (χ4v) is 5.43. The van der Waals surface area contributed by atoms with Gasteiger partial charge in [-0.1, -0.05) is 60.7 Å². The number of benzene rings is 3. The second kappa shape index (κ2) is 12.7. The fourth-order valence-electron chi connectivity index (χ4n) is 5.43. The first kappa shape index (κ1) is 26.0. The van der Waals surface area contributed by atoms with Crippen LogP contribution in [0.2, 0.25) is 0 Å². The zero-order chi connectivity index (χ0) is 26.2. The van der Waals surface area contributed by atoms with Crippen molar-refractivity contribution in [1.29, 1.82) is 0 Å². The Balaban J connectivity index is 1.17. The molecule has 3 heterocycles. The molecule has 6 rings (SSSR count). The van der Waals surface area contributed by atoms with E-state index >= 15 is 0 Å². The van der Waals surface area contributed by atoms with Crippen LogP contribution in [0.3, 0.4) is 0 Å². The quantitative estimate of drug-likeness (QED) is 0.250. The standard InChI is InChI=1S/C32H35NO5/c34-31(38-30-23-33-17-15-25(30)16-18-33)22-29(24-9-3-1-4-10-24)27-13-7-14-28(21-27)36-19-8-20-37-32(35)26-11-5-2-6-12-26/h1-7,9-14,21,25,29-30H,8,15-20,22-23H2/t29?,30-/m0/s1. The second-order valence-corrected chi connectivity index (χ2v) is 10.1. The van der Waals surface area contributed by atoms with Crippen molar-refractivity contribution in [2.24, 2.45) is 5.92 Å². The van der Waals surface area contributed by atoms with Gasteiger partial charge in [-0.3, -0.25) is 9.69 Å². The molecule has 1 unspecified atom stereocenters. The van der Waals surface area contributed by atoms with Crippen molar-refractivity contribution >= 4 is 11.9 Å². The number of carbonyl (C=O) groups is 2. The highest BCUT2D eigenvalue weighted by molar-refractivity contribution is 5.89. The predicted octanol–water partition coefficient (Wildman–Crippen LogP) is 5.47. The average Bonchev–Trinajstić information content (AvgIpc) is 2.97. The van der Waals surface area contributed by atoms with Crippen molar-refractivity contribution in [3.05, 3.63) is 102 Å². The Hall–Kier alpha value is -3.64. The summed E-state index contributed by atoms with van der Waals surface area (Å²) in [5, 5.41) is 0. The van der Waals surface area contributed by atoms with Gasteiger partial charge in [0.1, 0.15) is 11.9 Å². The number of esters is 2. The second-order valence-electron chi connectivity index (χ2n) is 10.1. The highest BCUT2D eigenvalue weighted by Crippen LogP contribution is 2.33. The minimum absolute atomic E-state index is 0.00656. The van der Waals surface area contributed by atoms with Gasteiger partial charge >= 0.3 is 11.9 Å². The Kier molecular flexibility index (Phi) is 8.71. The van der Waals surface area contributed by atoms with E-state index in [0.29, 0.717) is 24.5 Å². The van der Waals surface area contributed by atoms with Gasteiger partial charge < -0.3 is 14.2 Å². The molecule has 3 aromatic rings. The Labute approximate surface area is 224 Å². The summed E-state index contributed by atoms with van der Waals surface area (Å²) in [6.45, 7) is 3.80. The Morgan fingerprint density at radius 3 is 2.26 bits per heavy atom. The van der Waals surface area contributed by atoms with Crippen LogP contribution in [0.25, 0.3) is 0 Å². The maximum absolute atomic E-state index is 13.1. The zero-order valence-corrected chi connectivity index (χ0v) is 21.7. The number of hydrogen-bond acceptors (Lipinski definition) is 6. The smallest absolute Gasteiger partial charge is 0.338 e. The zero-order valence-electron chi connectivity index (χ0n) is 21.7. The van der Waals surface area contributed by atoms with Crippen LogP contribution in [0, 0.1) is 5.92 Å². The van der Waals surface area contributed by atoms with E-state index in [1.54, 1.807) is 12.1 Å². The maximum Gasteiger partial charge on any atom is 0.338 e. The van der Waals surface area contributed by atoms with Gasteiger partial charge in [0, 0.05) is 18.9 Å². The fraction of sp³-hybridized carbons (Fsp3) is 0.375.